The second-order valence-electron chi connectivity index (χ2n) is 4.66. The smallest absolute Gasteiger partial charge is 0.276 e. The Kier molecular flexibility index (Phi) is 4.28. The average molecular weight is 258 g/mol. The molecule has 94 valence electrons. The summed E-state index contributed by atoms with van der Waals surface area (Å²) in [6.07, 6.45) is 1.00. The van der Waals surface area contributed by atoms with Gasteiger partial charge in [0.25, 0.3) is 5.69 Å². The predicted molar refractivity (Wildman–Crippen MR) is 68.5 cm³/mol. The van der Waals surface area contributed by atoms with Crippen molar-refractivity contribution in [3.63, 3.8) is 0 Å². The van der Waals surface area contributed by atoms with Gasteiger partial charge in [-0.05, 0) is 11.8 Å². The molecule has 1 N–H and O–H groups in total. The van der Waals surface area contributed by atoms with Crippen LogP contribution in [0.4, 0.5) is 11.5 Å². The number of aromatic nitrogens is 1. The van der Waals surface area contributed by atoms with Crippen LogP contribution in [0.1, 0.15) is 27.2 Å². The molecular weight excluding hydrogens is 242 g/mol. The van der Waals surface area contributed by atoms with Crippen LogP contribution < -0.4 is 5.32 Å². The number of hydrogen-bond acceptors (Lipinski definition) is 4. The molecule has 0 spiro atoms. The zero-order chi connectivity index (χ0) is 13.1. The molecule has 0 atom stereocenters. The van der Waals surface area contributed by atoms with Crippen molar-refractivity contribution in [2.75, 3.05) is 11.9 Å². The van der Waals surface area contributed by atoms with Crippen molar-refractivity contribution in [1.82, 2.24) is 4.98 Å². The van der Waals surface area contributed by atoms with E-state index < -0.39 is 4.92 Å². The zero-order valence-electron chi connectivity index (χ0n) is 10.2. The van der Waals surface area contributed by atoms with Crippen molar-refractivity contribution in [3.05, 3.63) is 27.4 Å². The molecule has 0 aliphatic rings. The first kappa shape index (κ1) is 13.7. The summed E-state index contributed by atoms with van der Waals surface area (Å²) in [6.45, 7) is 7.00. The lowest BCUT2D eigenvalue weighted by atomic mass is 9.90. The van der Waals surface area contributed by atoms with E-state index >= 15 is 0 Å². The van der Waals surface area contributed by atoms with Crippen molar-refractivity contribution >= 4 is 23.1 Å². The van der Waals surface area contributed by atoms with Gasteiger partial charge in [0.05, 0.1) is 17.1 Å². The Morgan fingerprint density at radius 1 is 1.53 bits per heavy atom. The maximum atomic E-state index is 10.7. The van der Waals surface area contributed by atoms with Crippen molar-refractivity contribution in [1.29, 1.82) is 0 Å². The number of nitrogens with zero attached hydrogens (tertiary/aromatic N) is 2. The molecule has 1 aromatic heterocycles. The maximum Gasteiger partial charge on any atom is 0.276 e. The Morgan fingerprint density at radius 2 is 2.18 bits per heavy atom. The Balaban J connectivity index is 2.81. The lowest BCUT2D eigenvalue weighted by Crippen LogP contribution is -2.22. The second kappa shape index (κ2) is 5.31. The van der Waals surface area contributed by atoms with Gasteiger partial charge in [-0.2, -0.15) is 0 Å². The summed E-state index contributed by atoms with van der Waals surface area (Å²) in [5, 5.41) is 13.8. The van der Waals surface area contributed by atoms with Crippen LogP contribution in [0.2, 0.25) is 5.15 Å². The van der Waals surface area contributed by atoms with Crippen LogP contribution in [0.5, 0.6) is 0 Å². The minimum atomic E-state index is -0.482. The highest BCUT2D eigenvalue weighted by molar-refractivity contribution is 6.29. The topological polar surface area (TPSA) is 68.1 Å². The Morgan fingerprint density at radius 3 is 2.71 bits per heavy atom. The van der Waals surface area contributed by atoms with E-state index in [2.05, 4.69) is 31.1 Å². The average Bonchev–Trinajstić information content (AvgIpc) is 2.26. The van der Waals surface area contributed by atoms with Crippen LogP contribution in [-0.2, 0) is 0 Å². The fourth-order valence-corrected chi connectivity index (χ4v) is 1.34. The summed E-state index contributed by atoms with van der Waals surface area (Å²) in [7, 11) is 0. The molecule has 5 nitrogen and oxygen atoms in total. The molecule has 0 aromatic carbocycles. The Hall–Kier alpha value is -1.36. The summed E-state index contributed by atoms with van der Waals surface area (Å²) < 4.78 is 0. The molecule has 1 heterocycles. The van der Waals surface area contributed by atoms with Gasteiger partial charge in [-0.3, -0.25) is 10.1 Å². The molecule has 1 rings (SSSR count). The number of halogens is 1. The lowest BCUT2D eigenvalue weighted by molar-refractivity contribution is -0.384. The molecule has 17 heavy (non-hydrogen) atoms. The Bertz CT molecular complexity index is 421. The van der Waals surface area contributed by atoms with Gasteiger partial charge < -0.3 is 5.32 Å². The summed E-state index contributed by atoms with van der Waals surface area (Å²) in [5.74, 6) is 0.436. The highest BCUT2D eigenvalue weighted by Gasteiger charge is 2.16. The van der Waals surface area contributed by atoms with Gasteiger partial charge in [-0.25, -0.2) is 4.98 Å². The van der Waals surface area contributed by atoms with Gasteiger partial charge >= 0.3 is 0 Å². The molecule has 0 fully saturated rings. The third-order valence-electron chi connectivity index (χ3n) is 2.69. The first-order valence-corrected chi connectivity index (χ1v) is 5.78. The molecule has 1 aromatic rings. The van der Waals surface area contributed by atoms with E-state index in [1.54, 1.807) is 0 Å². The van der Waals surface area contributed by atoms with E-state index in [0.717, 1.165) is 6.42 Å². The van der Waals surface area contributed by atoms with Gasteiger partial charge in [0.15, 0.2) is 0 Å². The lowest BCUT2D eigenvalue weighted by Gasteiger charge is -2.23. The van der Waals surface area contributed by atoms with Crippen LogP contribution in [0, 0.1) is 15.5 Å². The molecule has 0 aliphatic heterocycles. The van der Waals surface area contributed by atoms with E-state index in [9.17, 15) is 10.1 Å². The van der Waals surface area contributed by atoms with Gasteiger partial charge in [-0.1, -0.05) is 32.4 Å². The SMILES string of the molecule is CCC(C)(C)CNc1cc([N+](=O)[O-])cc(Cl)n1. The maximum absolute atomic E-state index is 10.7. The van der Waals surface area contributed by atoms with Crippen molar-refractivity contribution in [2.45, 2.75) is 27.2 Å². The van der Waals surface area contributed by atoms with Gasteiger partial charge in [0, 0.05) is 6.54 Å². The summed E-state index contributed by atoms with van der Waals surface area (Å²) in [4.78, 5) is 14.2. The number of hydrogen-bond donors (Lipinski definition) is 1. The fourth-order valence-electron chi connectivity index (χ4n) is 1.13. The van der Waals surface area contributed by atoms with E-state index in [-0.39, 0.29) is 16.3 Å². The normalized spacial score (nSPS) is 11.3. The molecule has 0 saturated heterocycles. The van der Waals surface area contributed by atoms with Crippen LogP contribution in [0.25, 0.3) is 0 Å². The van der Waals surface area contributed by atoms with Gasteiger partial charge in [0.1, 0.15) is 11.0 Å². The molecule has 0 radical (unpaired) electrons. The zero-order valence-corrected chi connectivity index (χ0v) is 10.9. The van der Waals surface area contributed by atoms with Crippen LogP contribution in [-0.4, -0.2) is 16.5 Å². The van der Waals surface area contributed by atoms with E-state index in [0.29, 0.717) is 12.4 Å². The molecule has 0 aliphatic carbocycles. The molecule has 0 saturated carbocycles. The third kappa shape index (κ3) is 4.19. The number of nitro groups is 1. The van der Waals surface area contributed by atoms with Gasteiger partial charge in [0.2, 0.25) is 0 Å². The largest absolute Gasteiger partial charge is 0.369 e. The van der Waals surface area contributed by atoms with Crippen LogP contribution in [0.3, 0.4) is 0 Å². The summed E-state index contributed by atoms with van der Waals surface area (Å²) >= 11 is 5.72. The number of pyridine rings is 1. The fraction of sp³-hybridized carbons (Fsp3) is 0.545. The van der Waals surface area contributed by atoms with Crippen molar-refractivity contribution in [3.8, 4) is 0 Å². The monoisotopic (exact) mass is 257 g/mol. The van der Waals surface area contributed by atoms with Crippen LogP contribution in [0.15, 0.2) is 12.1 Å². The quantitative estimate of drug-likeness (QED) is 0.498. The highest BCUT2D eigenvalue weighted by Crippen LogP contribution is 2.23. The molecule has 0 unspecified atom stereocenters. The van der Waals surface area contributed by atoms with E-state index in [1.807, 2.05) is 0 Å². The third-order valence-corrected chi connectivity index (χ3v) is 2.89. The van der Waals surface area contributed by atoms with E-state index in [1.165, 1.54) is 12.1 Å². The van der Waals surface area contributed by atoms with Crippen molar-refractivity contribution in [2.24, 2.45) is 5.41 Å². The predicted octanol–water partition coefficient (Wildman–Crippen LogP) is 3.49. The summed E-state index contributed by atoms with van der Waals surface area (Å²) in [5.41, 5.74) is 0.0560. The number of nitrogens with one attached hydrogen (secondary N) is 1. The standard InChI is InChI=1S/C11H16ClN3O2/c1-4-11(2,3)7-13-10-6-8(15(16)17)5-9(12)14-10/h5-6H,4,7H2,1-3H3,(H,13,14). The molecule has 0 amide bonds. The second-order valence-corrected chi connectivity index (χ2v) is 5.05. The number of rotatable bonds is 5. The molecule has 0 bridgehead atoms. The number of anilines is 1. The molecular formula is C11H16ClN3O2. The Labute approximate surface area is 105 Å². The van der Waals surface area contributed by atoms with Crippen molar-refractivity contribution < 1.29 is 4.92 Å². The molecule has 6 heteroatoms. The van der Waals surface area contributed by atoms with Crippen LogP contribution >= 0.6 is 11.6 Å². The first-order valence-electron chi connectivity index (χ1n) is 5.40. The summed E-state index contributed by atoms with van der Waals surface area (Å²) in [6, 6.07) is 2.62. The van der Waals surface area contributed by atoms with E-state index in [4.69, 9.17) is 11.6 Å². The van der Waals surface area contributed by atoms with Gasteiger partial charge in [-0.15, -0.1) is 0 Å². The minimum Gasteiger partial charge on any atom is -0.369 e. The first-order chi connectivity index (χ1) is 7.84. The minimum absolute atomic E-state index is 0.0539. The highest BCUT2D eigenvalue weighted by atomic mass is 35.5.